The second kappa shape index (κ2) is 4.26. The average Bonchev–Trinajstić information content (AvgIpc) is 2.47. The Morgan fingerprint density at radius 1 is 1.67 bits per heavy atom. The van der Waals surface area contributed by atoms with Gasteiger partial charge in [-0.3, -0.25) is 0 Å². The van der Waals surface area contributed by atoms with Crippen molar-refractivity contribution < 1.29 is 0 Å². The smallest absolute Gasteiger partial charge is 0.105 e. The van der Waals surface area contributed by atoms with Gasteiger partial charge in [0, 0.05) is 25.0 Å². The minimum absolute atomic E-state index is 0.493. The van der Waals surface area contributed by atoms with Crippen molar-refractivity contribution in [3.63, 3.8) is 0 Å². The van der Waals surface area contributed by atoms with Crippen molar-refractivity contribution in [2.45, 2.75) is 26.8 Å². The monoisotopic (exact) mass is 167 g/mol. The molecule has 0 aliphatic rings. The zero-order valence-electron chi connectivity index (χ0n) is 8.04. The Labute approximate surface area is 73.8 Å². The van der Waals surface area contributed by atoms with Crippen LogP contribution < -0.4 is 5.32 Å². The van der Waals surface area contributed by atoms with Crippen LogP contribution in [-0.2, 0) is 0 Å². The Kier molecular flexibility index (Phi) is 3.29. The van der Waals surface area contributed by atoms with Gasteiger partial charge in [0.05, 0.1) is 0 Å². The van der Waals surface area contributed by atoms with E-state index in [2.05, 4.69) is 28.7 Å². The van der Waals surface area contributed by atoms with Gasteiger partial charge >= 0.3 is 0 Å². The van der Waals surface area contributed by atoms with Gasteiger partial charge in [-0.05, 0) is 20.4 Å². The number of rotatable bonds is 4. The fraction of sp³-hybridized carbons (Fsp3) is 0.667. The van der Waals surface area contributed by atoms with Gasteiger partial charge in [-0.15, -0.1) is 0 Å². The lowest BCUT2D eigenvalue weighted by Crippen LogP contribution is -2.23. The normalized spacial score (nSPS) is 13.2. The van der Waals surface area contributed by atoms with Crippen LogP contribution >= 0.6 is 0 Å². The molecule has 0 fully saturated rings. The van der Waals surface area contributed by atoms with Crippen molar-refractivity contribution in [1.82, 2.24) is 14.9 Å². The third-order valence-corrected chi connectivity index (χ3v) is 2.03. The Morgan fingerprint density at radius 2 is 2.42 bits per heavy atom. The van der Waals surface area contributed by atoms with Gasteiger partial charge in [0.1, 0.15) is 5.82 Å². The van der Waals surface area contributed by atoms with Crippen molar-refractivity contribution in [2.75, 3.05) is 13.1 Å². The highest BCUT2D eigenvalue weighted by molar-refractivity contribution is 4.91. The molecule has 0 spiro atoms. The van der Waals surface area contributed by atoms with Crippen LogP contribution in [0.2, 0.25) is 0 Å². The van der Waals surface area contributed by atoms with Gasteiger partial charge in [0.25, 0.3) is 0 Å². The van der Waals surface area contributed by atoms with E-state index in [0.29, 0.717) is 6.04 Å². The topological polar surface area (TPSA) is 29.9 Å². The molecule has 68 valence electrons. The van der Waals surface area contributed by atoms with Crippen LogP contribution in [0, 0.1) is 6.92 Å². The van der Waals surface area contributed by atoms with Crippen LogP contribution in [0.3, 0.4) is 0 Å². The van der Waals surface area contributed by atoms with Crippen LogP contribution in [0.5, 0.6) is 0 Å². The molecule has 1 N–H and O–H groups in total. The molecule has 3 nitrogen and oxygen atoms in total. The molecule has 1 aromatic rings. The number of hydrogen-bond acceptors (Lipinski definition) is 2. The van der Waals surface area contributed by atoms with E-state index in [9.17, 15) is 0 Å². The number of imidazole rings is 1. The molecule has 12 heavy (non-hydrogen) atoms. The third kappa shape index (κ3) is 2.08. The van der Waals surface area contributed by atoms with Gasteiger partial charge < -0.3 is 9.88 Å². The van der Waals surface area contributed by atoms with Crippen LogP contribution in [0.4, 0.5) is 0 Å². The highest BCUT2D eigenvalue weighted by Gasteiger charge is 2.04. The van der Waals surface area contributed by atoms with Gasteiger partial charge in [0.15, 0.2) is 0 Å². The lowest BCUT2D eigenvalue weighted by Gasteiger charge is -2.14. The predicted molar refractivity (Wildman–Crippen MR) is 50.2 cm³/mol. The fourth-order valence-corrected chi connectivity index (χ4v) is 1.31. The molecule has 0 saturated heterocycles. The average molecular weight is 167 g/mol. The van der Waals surface area contributed by atoms with Crippen molar-refractivity contribution >= 4 is 0 Å². The molecule has 0 saturated carbocycles. The van der Waals surface area contributed by atoms with Crippen molar-refractivity contribution in [2.24, 2.45) is 0 Å². The summed E-state index contributed by atoms with van der Waals surface area (Å²) in [5, 5.41) is 3.31. The first-order valence-electron chi connectivity index (χ1n) is 4.45. The van der Waals surface area contributed by atoms with E-state index < -0.39 is 0 Å². The molecular weight excluding hydrogens is 150 g/mol. The molecule has 1 atom stereocenters. The Bertz CT molecular complexity index is 229. The fourth-order valence-electron chi connectivity index (χ4n) is 1.31. The number of aromatic nitrogens is 2. The summed E-state index contributed by atoms with van der Waals surface area (Å²) in [6, 6.07) is 0.493. The number of nitrogens with zero attached hydrogens (tertiary/aromatic N) is 2. The van der Waals surface area contributed by atoms with Gasteiger partial charge in [-0.25, -0.2) is 4.98 Å². The van der Waals surface area contributed by atoms with Crippen LogP contribution in [-0.4, -0.2) is 22.6 Å². The van der Waals surface area contributed by atoms with Gasteiger partial charge in [-0.1, -0.05) is 6.92 Å². The maximum Gasteiger partial charge on any atom is 0.105 e. The summed E-state index contributed by atoms with van der Waals surface area (Å²) in [5.74, 6) is 1.08. The molecule has 1 aromatic heterocycles. The number of likely N-dealkylation sites (N-methyl/N-ethyl adjacent to an activating group) is 1. The lowest BCUT2D eigenvalue weighted by molar-refractivity contribution is 0.492. The summed E-state index contributed by atoms with van der Waals surface area (Å²) in [6.07, 6.45) is 3.87. The summed E-state index contributed by atoms with van der Waals surface area (Å²) in [7, 11) is 0. The molecular formula is C9H17N3. The molecule has 1 unspecified atom stereocenters. The first kappa shape index (κ1) is 9.26. The zero-order valence-corrected chi connectivity index (χ0v) is 8.04. The molecule has 1 rings (SSSR count). The summed E-state index contributed by atoms with van der Waals surface area (Å²) < 4.78 is 2.18. The third-order valence-electron chi connectivity index (χ3n) is 2.03. The van der Waals surface area contributed by atoms with Crippen LogP contribution in [0.1, 0.15) is 25.7 Å². The number of aryl methyl sites for hydroxylation is 1. The quantitative estimate of drug-likeness (QED) is 0.734. The zero-order chi connectivity index (χ0) is 8.97. The molecule has 1 heterocycles. The van der Waals surface area contributed by atoms with E-state index in [0.717, 1.165) is 18.9 Å². The van der Waals surface area contributed by atoms with Gasteiger partial charge in [0.2, 0.25) is 0 Å². The molecule has 0 aromatic carbocycles. The van der Waals surface area contributed by atoms with E-state index >= 15 is 0 Å². The Hall–Kier alpha value is -0.830. The minimum Gasteiger partial charge on any atom is -0.331 e. The summed E-state index contributed by atoms with van der Waals surface area (Å²) in [5.41, 5.74) is 0. The predicted octanol–water partition coefficient (Wildman–Crippen LogP) is 1.36. The SMILES string of the molecule is CCNCC(C)n1ccnc1C. The first-order chi connectivity index (χ1) is 5.75. The van der Waals surface area contributed by atoms with E-state index in [4.69, 9.17) is 0 Å². The van der Waals surface area contributed by atoms with Crippen LogP contribution in [0.15, 0.2) is 12.4 Å². The molecule has 0 aliphatic carbocycles. The van der Waals surface area contributed by atoms with E-state index in [1.54, 1.807) is 0 Å². The maximum absolute atomic E-state index is 4.18. The Balaban J connectivity index is 2.52. The van der Waals surface area contributed by atoms with Crippen molar-refractivity contribution in [1.29, 1.82) is 0 Å². The summed E-state index contributed by atoms with van der Waals surface area (Å²) in [4.78, 5) is 4.18. The molecule has 3 heteroatoms. The van der Waals surface area contributed by atoms with E-state index in [-0.39, 0.29) is 0 Å². The van der Waals surface area contributed by atoms with E-state index in [1.165, 1.54) is 0 Å². The second-order valence-electron chi connectivity index (χ2n) is 3.04. The molecule has 0 radical (unpaired) electrons. The number of nitrogens with one attached hydrogen (secondary N) is 1. The molecule has 0 amide bonds. The van der Waals surface area contributed by atoms with E-state index in [1.807, 2.05) is 19.3 Å². The maximum atomic E-state index is 4.18. The summed E-state index contributed by atoms with van der Waals surface area (Å²) >= 11 is 0. The molecule has 0 aliphatic heterocycles. The second-order valence-corrected chi connectivity index (χ2v) is 3.04. The van der Waals surface area contributed by atoms with Gasteiger partial charge in [-0.2, -0.15) is 0 Å². The number of hydrogen-bond donors (Lipinski definition) is 1. The molecule has 0 bridgehead atoms. The highest BCUT2D eigenvalue weighted by atomic mass is 15.1. The lowest BCUT2D eigenvalue weighted by atomic mass is 10.3. The van der Waals surface area contributed by atoms with Crippen molar-refractivity contribution in [3.8, 4) is 0 Å². The highest BCUT2D eigenvalue weighted by Crippen LogP contribution is 2.06. The first-order valence-corrected chi connectivity index (χ1v) is 4.45. The summed E-state index contributed by atoms with van der Waals surface area (Å²) in [6.45, 7) is 8.37. The largest absolute Gasteiger partial charge is 0.331 e. The Morgan fingerprint density at radius 3 is 2.92 bits per heavy atom. The van der Waals surface area contributed by atoms with Crippen molar-refractivity contribution in [3.05, 3.63) is 18.2 Å². The standard InChI is InChI=1S/C9H17N3/c1-4-10-7-8(2)12-6-5-11-9(12)3/h5-6,8,10H,4,7H2,1-3H3. The van der Waals surface area contributed by atoms with Crippen LogP contribution in [0.25, 0.3) is 0 Å². The minimum atomic E-state index is 0.493.